The van der Waals surface area contributed by atoms with E-state index in [0.29, 0.717) is 24.3 Å². The van der Waals surface area contributed by atoms with Crippen LogP contribution in [0.3, 0.4) is 0 Å². The van der Waals surface area contributed by atoms with Gasteiger partial charge in [0.25, 0.3) is 11.5 Å². The lowest BCUT2D eigenvalue weighted by molar-refractivity contribution is -0.0788. The topological polar surface area (TPSA) is 41.0 Å². The number of nitrogens with one attached hydrogen (secondary N) is 1. The Bertz CT molecular complexity index is 1250. The van der Waals surface area contributed by atoms with Gasteiger partial charge >= 0.3 is 0 Å². The minimum absolute atomic E-state index is 0.0297. The fourth-order valence-electron chi connectivity index (χ4n) is 6.41. The monoisotopic (exact) mass is 481 g/mol. The van der Waals surface area contributed by atoms with Crippen LogP contribution < -0.4 is 5.56 Å². The molecular weight excluding hydrogens is 444 g/mol. The van der Waals surface area contributed by atoms with E-state index in [2.05, 4.69) is 37.0 Å². The largest absolute Gasteiger partial charge is 0.354 e. The van der Waals surface area contributed by atoms with Gasteiger partial charge < -0.3 is 9.55 Å². The fourth-order valence-corrected chi connectivity index (χ4v) is 6.41. The number of aromatic nitrogens is 2. The van der Waals surface area contributed by atoms with E-state index in [0.717, 1.165) is 54.6 Å². The molecule has 4 nitrogen and oxygen atoms in total. The van der Waals surface area contributed by atoms with Gasteiger partial charge in [-0.2, -0.15) is 0 Å². The number of pyridine rings is 1. The molecule has 35 heavy (non-hydrogen) atoms. The van der Waals surface area contributed by atoms with Gasteiger partial charge in [0.2, 0.25) is 0 Å². The third kappa shape index (κ3) is 4.69. The van der Waals surface area contributed by atoms with Crippen LogP contribution >= 0.6 is 0 Å². The first-order chi connectivity index (χ1) is 16.6. The minimum Gasteiger partial charge on any atom is -0.354 e. The first kappa shape index (κ1) is 24.2. The average molecular weight is 482 g/mol. The number of rotatable bonds is 4. The lowest BCUT2D eigenvalue weighted by Gasteiger charge is -2.41. The van der Waals surface area contributed by atoms with Crippen molar-refractivity contribution in [2.24, 2.45) is 7.05 Å². The normalized spacial score (nSPS) is 23.3. The van der Waals surface area contributed by atoms with Gasteiger partial charge in [-0.25, -0.2) is 8.78 Å². The second kappa shape index (κ2) is 9.20. The number of alkyl halides is 2. The Morgan fingerprint density at radius 3 is 2.51 bits per heavy atom. The maximum absolute atomic E-state index is 13.9. The van der Waals surface area contributed by atoms with Crippen molar-refractivity contribution in [3.05, 3.63) is 57.5 Å². The molecule has 0 bridgehead atoms. The van der Waals surface area contributed by atoms with Crippen LogP contribution in [0.1, 0.15) is 80.9 Å². The van der Waals surface area contributed by atoms with Crippen molar-refractivity contribution in [1.29, 1.82) is 0 Å². The van der Waals surface area contributed by atoms with E-state index in [1.165, 1.54) is 16.5 Å². The molecule has 1 aliphatic heterocycles. The Morgan fingerprint density at radius 1 is 1.11 bits per heavy atom. The fraction of sp³-hybridized carbons (Fsp3) is 0.552. The summed E-state index contributed by atoms with van der Waals surface area (Å²) in [6.07, 6.45) is 6.63. The van der Waals surface area contributed by atoms with Gasteiger partial charge in [0.15, 0.2) is 0 Å². The summed E-state index contributed by atoms with van der Waals surface area (Å²) in [7, 11) is 1.80. The first-order valence-electron chi connectivity index (χ1n) is 13.1. The van der Waals surface area contributed by atoms with Crippen LogP contribution in [-0.2, 0) is 7.05 Å². The predicted molar refractivity (Wildman–Crippen MR) is 139 cm³/mol. The first-order valence-corrected chi connectivity index (χ1v) is 13.1. The van der Waals surface area contributed by atoms with Gasteiger partial charge in [0.05, 0.1) is 12.2 Å². The summed E-state index contributed by atoms with van der Waals surface area (Å²) in [6.45, 7) is 7.04. The summed E-state index contributed by atoms with van der Waals surface area (Å²) in [6, 6.07) is 9.04. The second-order valence-corrected chi connectivity index (χ2v) is 11.1. The van der Waals surface area contributed by atoms with Crippen LogP contribution in [0, 0.1) is 6.92 Å². The molecule has 188 valence electrons. The molecule has 2 aliphatic rings. The molecule has 3 heterocycles. The summed E-state index contributed by atoms with van der Waals surface area (Å²) >= 11 is 0. The molecule has 0 amide bonds. The molecule has 1 N–H and O–H groups in total. The van der Waals surface area contributed by atoms with Crippen LogP contribution in [-0.4, -0.2) is 39.5 Å². The highest BCUT2D eigenvalue weighted by atomic mass is 19.3. The van der Waals surface area contributed by atoms with Crippen molar-refractivity contribution < 1.29 is 8.78 Å². The van der Waals surface area contributed by atoms with Crippen LogP contribution in [0.5, 0.6) is 0 Å². The number of piperidine rings is 1. The van der Waals surface area contributed by atoms with Gasteiger partial charge in [0.1, 0.15) is 0 Å². The maximum atomic E-state index is 13.9. The van der Waals surface area contributed by atoms with Crippen molar-refractivity contribution in [2.45, 2.75) is 83.1 Å². The van der Waals surface area contributed by atoms with Gasteiger partial charge in [-0.3, -0.25) is 9.69 Å². The van der Waals surface area contributed by atoms with E-state index >= 15 is 0 Å². The van der Waals surface area contributed by atoms with Crippen LogP contribution in [0.4, 0.5) is 8.78 Å². The quantitative estimate of drug-likeness (QED) is 0.449. The standard InChI is InChI=1S/C29H37F2N3O/c1-18(2)26-24-15-21(20-6-9-23(10-7-20)34-13-5-12-29(30,31)17-34)8-11-25(24)32-27(26)22-14-19(3)28(35)33(4)16-22/h8,11,14-16,18,20,23,32H,5-7,9-10,12-13,17H2,1-4H3. The smallest absolute Gasteiger partial charge is 0.260 e. The Morgan fingerprint density at radius 2 is 1.86 bits per heavy atom. The van der Waals surface area contributed by atoms with Gasteiger partial charge in [-0.1, -0.05) is 19.9 Å². The Labute approximate surface area is 206 Å². The molecule has 0 radical (unpaired) electrons. The van der Waals surface area contributed by atoms with Gasteiger partial charge in [0, 0.05) is 47.7 Å². The number of hydrogen-bond acceptors (Lipinski definition) is 2. The van der Waals surface area contributed by atoms with Crippen molar-refractivity contribution in [3.63, 3.8) is 0 Å². The van der Waals surface area contributed by atoms with Crippen LogP contribution in [0.25, 0.3) is 22.2 Å². The summed E-state index contributed by atoms with van der Waals surface area (Å²) in [5.41, 5.74) is 6.63. The van der Waals surface area contributed by atoms with Crippen molar-refractivity contribution in [3.8, 4) is 11.3 Å². The number of halogens is 2. The van der Waals surface area contributed by atoms with Crippen molar-refractivity contribution >= 4 is 10.9 Å². The maximum Gasteiger partial charge on any atom is 0.260 e. The van der Waals surface area contributed by atoms with E-state index in [9.17, 15) is 13.6 Å². The highest BCUT2D eigenvalue weighted by molar-refractivity contribution is 5.92. The van der Waals surface area contributed by atoms with Crippen LogP contribution in [0.2, 0.25) is 0 Å². The Balaban J connectivity index is 1.41. The van der Waals surface area contributed by atoms with Crippen LogP contribution in [0.15, 0.2) is 35.3 Å². The molecule has 5 rings (SSSR count). The Kier molecular flexibility index (Phi) is 6.37. The molecule has 0 atom stereocenters. The zero-order valence-corrected chi connectivity index (χ0v) is 21.3. The molecule has 6 heteroatoms. The molecule has 2 aromatic heterocycles. The summed E-state index contributed by atoms with van der Waals surface area (Å²) in [5, 5.41) is 1.25. The van der Waals surface area contributed by atoms with Crippen molar-refractivity contribution in [2.75, 3.05) is 13.1 Å². The number of nitrogens with zero attached hydrogens (tertiary/aromatic N) is 2. The third-order valence-electron chi connectivity index (χ3n) is 8.20. The zero-order valence-electron chi connectivity index (χ0n) is 21.3. The third-order valence-corrected chi connectivity index (χ3v) is 8.20. The van der Waals surface area contributed by atoms with E-state index in [4.69, 9.17) is 0 Å². The highest BCUT2D eigenvalue weighted by Gasteiger charge is 2.38. The predicted octanol–water partition coefficient (Wildman–Crippen LogP) is 6.72. The highest BCUT2D eigenvalue weighted by Crippen LogP contribution is 2.41. The molecule has 1 aliphatic carbocycles. The summed E-state index contributed by atoms with van der Waals surface area (Å²) < 4.78 is 29.5. The molecule has 1 saturated heterocycles. The number of H-pyrrole nitrogens is 1. The molecule has 0 spiro atoms. The summed E-state index contributed by atoms with van der Waals surface area (Å²) in [5.74, 6) is -1.73. The summed E-state index contributed by atoms with van der Waals surface area (Å²) in [4.78, 5) is 17.9. The number of aromatic amines is 1. The Hall–Kier alpha value is -2.47. The zero-order chi connectivity index (χ0) is 24.9. The molecule has 1 aromatic carbocycles. The molecule has 1 saturated carbocycles. The average Bonchev–Trinajstić information content (AvgIpc) is 3.21. The van der Waals surface area contributed by atoms with Crippen molar-refractivity contribution in [1.82, 2.24) is 14.5 Å². The second-order valence-electron chi connectivity index (χ2n) is 11.1. The number of hydrogen-bond donors (Lipinski definition) is 1. The lowest BCUT2D eigenvalue weighted by Crippen LogP contribution is -2.48. The number of likely N-dealkylation sites (tertiary alicyclic amines) is 1. The SMILES string of the molecule is Cc1cc(-c2[nH]c3ccc(C4CCC(N5CCCC(F)(F)C5)CC4)cc3c2C(C)C)cn(C)c1=O. The molecule has 0 unspecified atom stereocenters. The molecule has 2 fully saturated rings. The van der Waals surface area contributed by atoms with E-state index in [1.54, 1.807) is 11.6 Å². The number of fused-ring (bicyclic) bond motifs is 1. The van der Waals surface area contributed by atoms with Gasteiger partial charge in [-0.15, -0.1) is 0 Å². The molecule has 3 aromatic rings. The minimum atomic E-state index is -2.52. The van der Waals surface area contributed by atoms with E-state index in [1.807, 2.05) is 24.1 Å². The van der Waals surface area contributed by atoms with E-state index in [-0.39, 0.29) is 18.5 Å². The van der Waals surface area contributed by atoms with E-state index < -0.39 is 5.92 Å². The number of benzene rings is 1. The molecular formula is C29H37F2N3O. The van der Waals surface area contributed by atoms with Gasteiger partial charge in [-0.05, 0) is 86.7 Å². The lowest BCUT2D eigenvalue weighted by atomic mass is 9.80. The number of aryl methyl sites for hydroxylation is 2.